The molecule has 114 valence electrons. The third-order valence-electron chi connectivity index (χ3n) is 4.54. The second-order valence-corrected chi connectivity index (χ2v) is 6.93. The lowest BCUT2D eigenvalue weighted by Crippen LogP contribution is -2.42. The van der Waals surface area contributed by atoms with Gasteiger partial charge in [0, 0.05) is 23.9 Å². The number of para-hydroxylation sites is 1. The first-order chi connectivity index (χ1) is 9.94. The van der Waals surface area contributed by atoms with E-state index in [9.17, 15) is 4.79 Å². The average Bonchev–Trinajstić information content (AvgIpc) is 2.84. The molecule has 3 rings (SSSR count). The summed E-state index contributed by atoms with van der Waals surface area (Å²) in [7, 11) is 0. The average molecular weight is 288 g/mol. The Kier molecular flexibility index (Phi) is 3.66. The monoisotopic (exact) mass is 288 g/mol. The van der Waals surface area contributed by atoms with Crippen molar-refractivity contribution in [1.29, 1.82) is 0 Å². The molecule has 3 N–H and O–H groups in total. The molecule has 1 aromatic rings. The molecule has 0 saturated heterocycles. The van der Waals surface area contributed by atoms with Crippen molar-refractivity contribution in [2.24, 2.45) is 11.7 Å². The van der Waals surface area contributed by atoms with Crippen molar-refractivity contribution in [3.63, 3.8) is 0 Å². The molecular formula is C17H24N2O2. The van der Waals surface area contributed by atoms with E-state index in [1.165, 1.54) is 0 Å². The fourth-order valence-corrected chi connectivity index (χ4v) is 3.48. The van der Waals surface area contributed by atoms with Gasteiger partial charge in [-0.1, -0.05) is 18.2 Å². The number of carbonyl (C=O) groups is 1. The highest BCUT2D eigenvalue weighted by Gasteiger charge is 2.36. The minimum absolute atomic E-state index is 0.0225. The highest BCUT2D eigenvalue weighted by Crippen LogP contribution is 2.39. The largest absolute Gasteiger partial charge is 0.487 e. The Morgan fingerprint density at radius 2 is 2.10 bits per heavy atom. The smallest absolute Gasteiger partial charge is 0.223 e. The molecule has 3 unspecified atom stereocenters. The van der Waals surface area contributed by atoms with E-state index >= 15 is 0 Å². The van der Waals surface area contributed by atoms with Crippen molar-refractivity contribution in [2.75, 3.05) is 0 Å². The van der Waals surface area contributed by atoms with Gasteiger partial charge in [-0.25, -0.2) is 0 Å². The van der Waals surface area contributed by atoms with Crippen LogP contribution in [0.15, 0.2) is 24.3 Å². The van der Waals surface area contributed by atoms with Gasteiger partial charge >= 0.3 is 0 Å². The maximum absolute atomic E-state index is 12.5. The van der Waals surface area contributed by atoms with Crippen molar-refractivity contribution in [3.05, 3.63) is 29.8 Å². The molecule has 4 heteroatoms. The van der Waals surface area contributed by atoms with Gasteiger partial charge in [-0.15, -0.1) is 0 Å². The molecule has 0 spiro atoms. The SMILES string of the molecule is CC1(C)CC(NC(=O)C2CCC(N)C2)c2ccccc2O1. The number of hydrogen-bond donors (Lipinski definition) is 2. The zero-order chi connectivity index (χ0) is 15.0. The van der Waals surface area contributed by atoms with Crippen LogP contribution >= 0.6 is 0 Å². The Morgan fingerprint density at radius 1 is 1.33 bits per heavy atom. The predicted octanol–water partition coefficient (Wildman–Crippen LogP) is 2.53. The normalized spacial score (nSPS) is 30.3. The van der Waals surface area contributed by atoms with E-state index in [0.717, 1.165) is 37.0 Å². The Bertz CT molecular complexity index is 541. The number of hydrogen-bond acceptors (Lipinski definition) is 3. The van der Waals surface area contributed by atoms with Gasteiger partial charge in [0.2, 0.25) is 5.91 Å². The molecular weight excluding hydrogens is 264 g/mol. The zero-order valence-corrected chi connectivity index (χ0v) is 12.8. The molecule has 0 radical (unpaired) electrons. The summed E-state index contributed by atoms with van der Waals surface area (Å²) in [6.07, 6.45) is 3.45. The summed E-state index contributed by atoms with van der Waals surface area (Å²) in [4.78, 5) is 12.5. The molecule has 1 aliphatic carbocycles. The number of nitrogens with two attached hydrogens (primary N) is 1. The molecule has 1 saturated carbocycles. The van der Waals surface area contributed by atoms with Crippen LogP contribution in [0.3, 0.4) is 0 Å². The van der Waals surface area contributed by atoms with Crippen molar-refractivity contribution in [2.45, 2.75) is 57.2 Å². The van der Waals surface area contributed by atoms with Crippen LogP contribution in [0.1, 0.15) is 51.1 Å². The van der Waals surface area contributed by atoms with Gasteiger partial charge in [-0.2, -0.15) is 0 Å². The molecule has 1 aliphatic heterocycles. The highest BCUT2D eigenvalue weighted by molar-refractivity contribution is 5.79. The fourth-order valence-electron chi connectivity index (χ4n) is 3.48. The number of carbonyl (C=O) groups excluding carboxylic acids is 1. The molecule has 21 heavy (non-hydrogen) atoms. The minimum Gasteiger partial charge on any atom is -0.487 e. The first-order valence-electron chi connectivity index (χ1n) is 7.78. The molecule has 0 aromatic heterocycles. The molecule has 2 aliphatic rings. The van der Waals surface area contributed by atoms with Gasteiger partial charge < -0.3 is 15.8 Å². The van der Waals surface area contributed by atoms with Crippen LogP contribution in [0.5, 0.6) is 5.75 Å². The first-order valence-corrected chi connectivity index (χ1v) is 7.78. The maximum Gasteiger partial charge on any atom is 0.223 e. The molecule has 1 aromatic carbocycles. The van der Waals surface area contributed by atoms with Crippen LogP contribution in [0.25, 0.3) is 0 Å². The van der Waals surface area contributed by atoms with Gasteiger partial charge in [-0.05, 0) is 39.2 Å². The van der Waals surface area contributed by atoms with Crippen LogP contribution in [-0.4, -0.2) is 17.6 Å². The Morgan fingerprint density at radius 3 is 2.81 bits per heavy atom. The quantitative estimate of drug-likeness (QED) is 0.879. The predicted molar refractivity (Wildman–Crippen MR) is 82.0 cm³/mol. The van der Waals surface area contributed by atoms with Crippen molar-refractivity contribution >= 4 is 5.91 Å². The molecule has 1 heterocycles. The Balaban J connectivity index is 1.77. The molecule has 1 fully saturated rings. The molecule has 4 nitrogen and oxygen atoms in total. The molecule has 3 atom stereocenters. The third-order valence-corrected chi connectivity index (χ3v) is 4.54. The van der Waals surface area contributed by atoms with E-state index in [2.05, 4.69) is 19.2 Å². The van der Waals surface area contributed by atoms with E-state index in [1.807, 2.05) is 24.3 Å². The first kappa shape index (κ1) is 14.4. The number of fused-ring (bicyclic) bond motifs is 1. The van der Waals surface area contributed by atoms with Crippen LogP contribution in [0.2, 0.25) is 0 Å². The van der Waals surface area contributed by atoms with Crippen molar-refractivity contribution in [3.8, 4) is 5.75 Å². The van der Waals surface area contributed by atoms with Gasteiger partial charge in [0.15, 0.2) is 0 Å². The number of rotatable bonds is 2. The van der Waals surface area contributed by atoms with E-state index in [4.69, 9.17) is 10.5 Å². The minimum atomic E-state index is -0.265. The highest BCUT2D eigenvalue weighted by atomic mass is 16.5. The van der Waals surface area contributed by atoms with Gasteiger partial charge in [0.1, 0.15) is 11.4 Å². The summed E-state index contributed by atoms with van der Waals surface area (Å²) in [6, 6.07) is 8.17. The fraction of sp³-hybridized carbons (Fsp3) is 0.588. The standard InChI is InChI=1S/C17H24N2O2/c1-17(2)10-14(13-5-3-4-6-15(13)21-17)19-16(20)11-7-8-12(18)9-11/h3-6,11-12,14H,7-10,18H2,1-2H3,(H,19,20). The van der Waals surface area contributed by atoms with Gasteiger partial charge in [0.05, 0.1) is 6.04 Å². The summed E-state index contributed by atoms with van der Waals surface area (Å²) in [6.45, 7) is 4.13. The summed E-state index contributed by atoms with van der Waals surface area (Å²) in [5, 5.41) is 3.22. The second-order valence-electron chi connectivity index (χ2n) is 6.93. The summed E-state index contributed by atoms with van der Waals surface area (Å²) < 4.78 is 6.00. The summed E-state index contributed by atoms with van der Waals surface area (Å²) >= 11 is 0. The lowest BCUT2D eigenvalue weighted by Gasteiger charge is -2.38. The summed E-state index contributed by atoms with van der Waals surface area (Å²) in [5.74, 6) is 1.08. The number of nitrogens with one attached hydrogen (secondary N) is 1. The van der Waals surface area contributed by atoms with E-state index < -0.39 is 0 Å². The number of amides is 1. The number of ether oxygens (including phenoxy) is 1. The van der Waals surface area contributed by atoms with E-state index in [0.29, 0.717) is 0 Å². The van der Waals surface area contributed by atoms with Crippen molar-refractivity contribution < 1.29 is 9.53 Å². The van der Waals surface area contributed by atoms with E-state index in [-0.39, 0.29) is 29.5 Å². The van der Waals surface area contributed by atoms with Crippen LogP contribution in [0, 0.1) is 5.92 Å². The topological polar surface area (TPSA) is 64.4 Å². The van der Waals surface area contributed by atoms with Gasteiger partial charge in [0.25, 0.3) is 0 Å². The van der Waals surface area contributed by atoms with Gasteiger partial charge in [-0.3, -0.25) is 4.79 Å². The van der Waals surface area contributed by atoms with Crippen LogP contribution in [0.4, 0.5) is 0 Å². The maximum atomic E-state index is 12.5. The number of benzene rings is 1. The molecule has 0 bridgehead atoms. The Hall–Kier alpha value is -1.55. The summed E-state index contributed by atoms with van der Waals surface area (Å²) in [5.41, 5.74) is 6.73. The lowest BCUT2D eigenvalue weighted by atomic mass is 9.89. The lowest BCUT2D eigenvalue weighted by molar-refractivity contribution is -0.126. The second kappa shape index (κ2) is 5.34. The van der Waals surface area contributed by atoms with Crippen LogP contribution in [-0.2, 0) is 4.79 Å². The zero-order valence-electron chi connectivity index (χ0n) is 12.8. The van der Waals surface area contributed by atoms with E-state index in [1.54, 1.807) is 0 Å². The Labute approximate surface area is 126 Å². The van der Waals surface area contributed by atoms with Crippen molar-refractivity contribution in [1.82, 2.24) is 5.32 Å². The van der Waals surface area contributed by atoms with Crippen LogP contribution < -0.4 is 15.8 Å². The third kappa shape index (κ3) is 3.05. The molecule has 1 amide bonds.